The van der Waals surface area contributed by atoms with Gasteiger partial charge >= 0.3 is 5.97 Å². The molecule has 1 atom stereocenters. The third kappa shape index (κ3) is 4.63. The molecule has 1 aliphatic heterocycles. The molecule has 0 saturated heterocycles. The van der Waals surface area contributed by atoms with E-state index in [4.69, 9.17) is 28.6 Å². The second-order valence-corrected chi connectivity index (χ2v) is 7.57. The first-order valence-corrected chi connectivity index (χ1v) is 10.2. The highest BCUT2D eigenvalue weighted by molar-refractivity contribution is 7.80. The zero-order valence-electron chi connectivity index (χ0n) is 16.9. The first-order chi connectivity index (χ1) is 14.3. The van der Waals surface area contributed by atoms with E-state index >= 15 is 0 Å². The molecule has 0 aliphatic carbocycles. The maximum atomic E-state index is 12.6. The Morgan fingerprint density at radius 3 is 2.57 bits per heavy atom. The minimum absolute atomic E-state index is 0.258. The summed E-state index contributed by atoms with van der Waals surface area (Å²) in [5, 5.41) is 7.04. The van der Waals surface area contributed by atoms with Crippen molar-refractivity contribution >= 4 is 46.5 Å². The van der Waals surface area contributed by atoms with Crippen molar-refractivity contribution in [2.45, 2.75) is 19.9 Å². The number of allylic oxidation sites excluding steroid dienone is 1. The number of thiocarbonyl (C=S) groups is 1. The van der Waals surface area contributed by atoms with Crippen LogP contribution in [-0.4, -0.2) is 35.5 Å². The second kappa shape index (κ2) is 9.28. The number of nitrogens with one attached hydrogen (secondary N) is 2. The number of benzene rings is 2. The van der Waals surface area contributed by atoms with Crippen molar-refractivity contribution in [3.63, 3.8) is 0 Å². The zero-order chi connectivity index (χ0) is 21.8. The Morgan fingerprint density at radius 2 is 1.93 bits per heavy atom. The number of carbonyl (C=O) groups excluding carboxylic acids is 2. The second-order valence-electron chi connectivity index (χ2n) is 6.75. The molecule has 8 heteroatoms. The van der Waals surface area contributed by atoms with Crippen LogP contribution >= 0.6 is 23.8 Å². The van der Waals surface area contributed by atoms with E-state index in [0.717, 1.165) is 11.3 Å². The van der Waals surface area contributed by atoms with Crippen molar-refractivity contribution in [1.29, 1.82) is 0 Å². The lowest BCUT2D eigenvalue weighted by atomic mass is 9.95. The van der Waals surface area contributed by atoms with Crippen molar-refractivity contribution in [1.82, 2.24) is 10.2 Å². The molecule has 0 radical (unpaired) electrons. The third-order valence-electron chi connectivity index (χ3n) is 4.84. The van der Waals surface area contributed by atoms with Crippen LogP contribution in [0.3, 0.4) is 0 Å². The molecule has 1 aliphatic rings. The van der Waals surface area contributed by atoms with Crippen LogP contribution in [0.2, 0.25) is 5.02 Å². The van der Waals surface area contributed by atoms with Gasteiger partial charge in [0.15, 0.2) is 5.11 Å². The SMILES string of the molecule is CCOC(=O)C1=C(C)N(C)C(=S)NC1c1ccc(NC(=O)c2cccc(Cl)c2)cc1. The van der Waals surface area contributed by atoms with E-state index in [1.54, 1.807) is 55.3 Å². The first-order valence-electron chi connectivity index (χ1n) is 9.40. The van der Waals surface area contributed by atoms with E-state index in [9.17, 15) is 9.59 Å². The summed E-state index contributed by atoms with van der Waals surface area (Å²) in [4.78, 5) is 26.7. The van der Waals surface area contributed by atoms with Crippen molar-refractivity contribution in [2.24, 2.45) is 0 Å². The molecule has 6 nitrogen and oxygen atoms in total. The minimum Gasteiger partial charge on any atom is -0.463 e. The third-order valence-corrected chi connectivity index (χ3v) is 5.46. The Kier molecular flexibility index (Phi) is 6.74. The largest absolute Gasteiger partial charge is 0.463 e. The van der Waals surface area contributed by atoms with Gasteiger partial charge < -0.3 is 20.3 Å². The van der Waals surface area contributed by atoms with Gasteiger partial charge in [0.05, 0.1) is 18.2 Å². The van der Waals surface area contributed by atoms with Crippen LogP contribution in [0.1, 0.15) is 35.8 Å². The molecule has 1 amide bonds. The van der Waals surface area contributed by atoms with E-state index < -0.39 is 6.04 Å². The van der Waals surface area contributed by atoms with Gasteiger partial charge in [-0.05, 0) is 62.0 Å². The molecule has 3 rings (SSSR count). The van der Waals surface area contributed by atoms with Crippen LogP contribution in [0, 0.1) is 0 Å². The number of hydrogen-bond acceptors (Lipinski definition) is 4. The number of ether oxygens (including phenoxy) is 1. The highest BCUT2D eigenvalue weighted by Gasteiger charge is 2.33. The predicted octanol–water partition coefficient (Wildman–Crippen LogP) is 4.29. The Hall–Kier alpha value is -2.90. The Balaban J connectivity index is 1.84. The number of esters is 1. The fraction of sp³-hybridized carbons (Fsp3) is 0.227. The summed E-state index contributed by atoms with van der Waals surface area (Å²) in [6.07, 6.45) is 0. The smallest absolute Gasteiger partial charge is 0.338 e. The molecular weight excluding hydrogens is 422 g/mol. The fourth-order valence-electron chi connectivity index (χ4n) is 3.15. The highest BCUT2D eigenvalue weighted by Crippen LogP contribution is 2.31. The standard InChI is InChI=1S/C22H22ClN3O3S/c1-4-29-21(28)18-13(2)26(3)22(30)25-19(18)14-8-10-17(11-9-14)24-20(27)15-6-5-7-16(23)12-15/h5-12,19H,4H2,1-3H3,(H,24,27)(H,25,30). The molecule has 2 aromatic carbocycles. The lowest BCUT2D eigenvalue weighted by molar-refractivity contribution is -0.139. The van der Waals surface area contributed by atoms with Gasteiger partial charge in [0.25, 0.3) is 5.91 Å². The van der Waals surface area contributed by atoms with Crippen molar-refractivity contribution < 1.29 is 14.3 Å². The molecule has 1 unspecified atom stereocenters. The molecule has 0 bridgehead atoms. The molecular formula is C22H22ClN3O3S. The lowest BCUT2D eigenvalue weighted by Crippen LogP contribution is -2.46. The van der Waals surface area contributed by atoms with Crippen molar-refractivity contribution in [3.8, 4) is 0 Å². The number of halogens is 1. The maximum absolute atomic E-state index is 12.6. The maximum Gasteiger partial charge on any atom is 0.338 e. The molecule has 1 heterocycles. The van der Waals surface area contributed by atoms with Gasteiger partial charge in [0, 0.05) is 29.0 Å². The van der Waals surface area contributed by atoms with Crippen molar-refractivity contribution in [3.05, 3.63) is 76.0 Å². The van der Waals surface area contributed by atoms with Gasteiger partial charge in [-0.1, -0.05) is 29.8 Å². The van der Waals surface area contributed by atoms with E-state index in [0.29, 0.717) is 27.0 Å². The predicted molar refractivity (Wildman–Crippen MR) is 121 cm³/mol. The molecule has 0 saturated carbocycles. The van der Waals surface area contributed by atoms with Gasteiger partial charge in [0.1, 0.15) is 0 Å². The Bertz CT molecular complexity index is 1020. The van der Waals surface area contributed by atoms with E-state index in [-0.39, 0.29) is 18.5 Å². The van der Waals surface area contributed by atoms with Crippen LogP contribution in [0.5, 0.6) is 0 Å². The quantitative estimate of drug-likeness (QED) is 0.530. The topological polar surface area (TPSA) is 70.7 Å². The van der Waals surface area contributed by atoms with Gasteiger partial charge in [-0.2, -0.15) is 0 Å². The first kappa shape index (κ1) is 21.8. The fourth-order valence-corrected chi connectivity index (χ4v) is 3.60. The normalized spacial score (nSPS) is 16.2. The number of carbonyl (C=O) groups is 2. The summed E-state index contributed by atoms with van der Waals surface area (Å²) in [5.74, 6) is -0.646. The zero-order valence-corrected chi connectivity index (χ0v) is 18.4. The van der Waals surface area contributed by atoms with Crippen LogP contribution < -0.4 is 10.6 Å². The summed E-state index contributed by atoms with van der Waals surface area (Å²) in [6, 6.07) is 13.5. The Morgan fingerprint density at radius 1 is 1.23 bits per heavy atom. The lowest BCUT2D eigenvalue weighted by Gasteiger charge is -2.35. The summed E-state index contributed by atoms with van der Waals surface area (Å²) < 4.78 is 5.25. The highest BCUT2D eigenvalue weighted by atomic mass is 35.5. The summed E-state index contributed by atoms with van der Waals surface area (Å²) >= 11 is 11.3. The Labute approximate surface area is 185 Å². The van der Waals surface area contributed by atoms with Gasteiger partial charge in [0.2, 0.25) is 0 Å². The molecule has 2 aromatic rings. The summed E-state index contributed by atoms with van der Waals surface area (Å²) in [7, 11) is 1.80. The number of rotatable bonds is 5. The number of hydrogen-bond donors (Lipinski definition) is 2. The summed E-state index contributed by atoms with van der Waals surface area (Å²) in [5.41, 5.74) is 3.16. The van der Waals surface area contributed by atoms with E-state index in [1.165, 1.54) is 0 Å². The van der Waals surface area contributed by atoms with Crippen LogP contribution in [0.4, 0.5) is 5.69 Å². The van der Waals surface area contributed by atoms with Gasteiger partial charge in [-0.3, -0.25) is 4.79 Å². The van der Waals surface area contributed by atoms with Gasteiger partial charge in [-0.25, -0.2) is 4.79 Å². The van der Waals surface area contributed by atoms with Crippen LogP contribution in [-0.2, 0) is 9.53 Å². The molecule has 156 valence electrons. The molecule has 30 heavy (non-hydrogen) atoms. The van der Waals surface area contributed by atoms with Gasteiger partial charge in [-0.15, -0.1) is 0 Å². The van der Waals surface area contributed by atoms with E-state index in [1.807, 2.05) is 19.1 Å². The average molecular weight is 444 g/mol. The summed E-state index contributed by atoms with van der Waals surface area (Å²) in [6.45, 7) is 3.89. The number of anilines is 1. The van der Waals surface area contributed by atoms with E-state index in [2.05, 4.69) is 10.6 Å². The minimum atomic E-state index is -0.439. The monoisotopic (exact) mass is 443 g/mol. The van der Waals surface area contributed by atoms with Crippen LogP contribution in [0.25, 0.3) is 0 Å². The molecule has 0 spiro atoms. The number of nitrogens with zero attached hydrogens (tertiary/aromatic N) is 1. The molecule has 2 N–H and O–H groups in total. The molecule has 0 aromatic heterocycles. The van der Waals surface area contributed by atoms with Crippen LogP contribution in [0.15, 0.2) is 59.8 Å². The number of amides is 1. The van der Waals surface area contributed by atoms with Crippen molar-refractivity contribution in [2.75, 3.05) is 19.0 Å². The average Bonchev–Trinajstić information content (AvgIpc) is 2.72. The molecule has 0 fully saturated rings.